The normalized spacial score (nSPS) is 13.7. The van der Waals surface area contributed by atoms with Crippen molar-refractivity contribution in [3.8, 4) is 16.9 Å². The molecule has 1 aliphatic rings. The van der Waals surface area contributed by atoms with Crippen LogP contribution in [0.15, 0.2) is 131 Å². The molecule has 0 atom stereocenters. The molecule has 0 unspecified atom stereocenters. The summed E-state index contributed by atoms with van der Waals surface area (Å²) in [6, 6.07) is 32.6. The van der Waals surface area contributed by atoms with Gasteiger partial charge in [-0.25, -0.2) is 18.4 Å². The number of nitrogens with zero attached hydrogens (tertiary/aromatic N) is 5. The number of nitro groups is 1. The van der Waals surface area contributed by atoms with Crippen LogP contribution in [0.4, 0.5) is 36.1 Å². The zero-order chi connectivity index (χ0) is 40.0. The Kier molecular flexibility index (Phi) is 11.8. The maximum absolute atomic E-state index is 13.5. The fourth-order valence-electron chi connectivity index (χ4n) is 6.54. The summed E-state index contributed by atoms with van der Waals surface area (Å²) in [5, 5.41) is 15.4. The molecule has 1 aliphatic heterocycles. The molecule has 0 radical (unpaired) electrons. The van der Waals surface area contributed by atoms with E-state index in [1.807, 2.05) is 66.7 Å². The summed E-state index contributed by atoms with van der Waals surface area (Å²) in [5.41, 5.74) is 4.02. The second kappa shape index (κ2) is 17.1. The van der Waals surface area contributed by atoms with E-state index in [0.717, 1.165) is 46.4 Å². The van der Waals surface area contributed by atoms with Crippen LogP contribution in [0.3, 0.4) is 0 Å². The fraction of sp³-hybridized carbons (Fsp3) is 0.200. The average molecular weight is 816 g/mol. The standard InChI is InChI=1S/C40H36F3N7O5S2/c41-40(42,43)55-31-13-10-28(11-14-31)34-9-5-4-6-29(34)26-48-19-21-49(22-20-48)30-12-16-35-37(24-30)45-27-46-39(35)47-57(53,54)33-15-17-36(38(25-33)50(51)52)44-18-23-56-32-7-2-1-3-8-32/h1-17,24-25,27,44H,18-23,26H2,(H,45,46,47). The van der Waals surface area contributed by atoms with Gasteiger partial charge in [0.1, 0.15) is 17.8 Å². The lowest BCUT2D eigenvalue weighted by Crippen LogP contribution is -2.46. The van der Waals surface area contributed by atoms with Crippen molar-refractivity contribution in [2.45, 2.75) is 22.7 Å². The van der Waals surface area contributed by atoms with E-state index in [9.17, 15) is 31.7 Å². The number of benzene rings is 5. The molecule has 0 amide bonds. The predicted octanol–water partition coefficient (Wildman–Crippen LogP) is 8.43. The molecule has 7 rings (SSSR count). The lowest BCUT2D eigenvalue weighted by molar-refractivity contribution is -0.384. The second-order valence-corrected chi connectivity index (χ2v) is 15.9. The number of hydrogen-bond donors (Lipinski definition) is 2. The van der Waals surface area contributed by atoms with Crippen LogP contribution in [0.25, 0.3) is 22.0 Å². The minimum absolute atomic E-state index is 0.0420. The minimum atomic E-state index is -4.75. The van der Waals surface area contributed by atoms with Crippen molar-refractivity contribution >= 4 is 55.6 Å². The second-order valence-electron chi connectivity index (χ2n) is 13.0. The van der Waals surface area contributed by atoms with Gasteiger partial charge in [-0.15, -0.1) is 24.9 Å². The molecule has 2 heterocycles. The third-order valence-electron chi connectivity index (χ3n) is 9.30. The molecule has 0 aliphatic carbocycles. The van der Waals surface area contributed by atoms with Crippen molar-refractivity contribution in [1.82, 2.24) is 14.9 Å². The molecule has 0 bridgehead atoms. The number of aromatic nitrogens is 2. The van der Waals surface area contributed by atoms with E-state index >= 15 is 0 Å². The van der Waals surface area contributed by atoms with E-state index < -0.39 is 21.3 Å². The highest BCUT2D eigenvalue weighted by atomic mass is 32.2. The van der Waals surface area contributed by atoms with E-state index in [0.29, 0.717) is 42.8 Å². The summed E-state index contributed by atoms with van der Waals surface area (Å²) in [7, 11) is -4.27. The van der Waals surface area contributed by atoms with Gasteiger partial charge in [0.05, 0.1) is 15.3 Å². The van der Waals surface area contributed by atoms with E-state index in [2.05, 4.69) is 34.5 Å². The number of nitrogens with one attached hydrogen (secondary N) is 2. The zero-order valence-electron chi connectivity index (χ0n) is 30.2. The van der Waals surface area contributed by atoms with Crippen molar-refractivity contribution in [3.63, 3.8) is 0 Å². The van der Waals surface area contributed by atoms with Crippen molar-refractivity contribution in [1.29, 1.82) is 0 Å². The highest BCUT2D eigenvalue weighted by molar-refractivity contribution is 7.99. The Hall–Kier alpha value is -5.91. The summed E-state index contributed by atoms with van der Waals surface area (Å²) in [5.74, 6) is 0.414. The lowest BCUT2D eigenvalue weighted by atomic mass is 9.99. The highest BCUT2D eigenvalue weighted by Gasteiger charge is 2.31. The van der Waals surface area contributed by atoms with Gasteiger partial charge in [0.25, 0.3) is 15.7 Å². The van der Waals surface area contributed by atoms with Crippen molar-refractivity contribution < 1.29 is 31.2 Å². The summed E-state index contributed by atoms with van der Waals surface area (Å²) in [6.45, 7) is 3.97. The van der Waals surface area contributed by atoms with Crippen LogP contribution in [-0.2, 0) is 16.6 Å². The number of alkyl halides is 3. The predicted molar refractivity (Wildman–Crippen MR) is 215 cm³/mol. The maximum Gasteiger partial charge on any atom is 0.573 e. The van der Waals surface area contributed by atoms with Crippen LogP contribution in [0.5, 0.6) is 5.75 Å². The van der Waals surface area contributed by atoms with E-state index in [-0.39, 0.29) is 27.8 Å². The van der Waals surface area contributed by atoms with Crippen LogP contribution in [-0.4, -0.2) is 73.0 Å². The fourth-order valence-corrected chi connectivity index (χ4v) is 8.38. The first-order chi connectivity index (χ1) is 27.4. The average Bonchev–Trinajstić information content (AvgIpc) is 3.20. The van der Waals surface area contributed by atoms with E-state index in [1.165, 1.54) is 30.6 Å². The summed E-state index contributed by atoms with van der Waals surface area (Å²) >= 11 is 1.59. The molecule has 12 nitrogen and oxygen atoms in total. The first kappa shape index (κ1) is 39.3. The van der Waals surface area contributed by atoms with E-state index in [1.54, 1.807) is 30.0 Å². The molecular weight excluding hydrogens is 780 g/mol. The largest absolute Gasteiger partial charge is 0.573 e. The van der Waals surface area contributed by atoms with Crippen LogP contribution < -0.4 is 19.7 Å². The van der Waals surface area contributed by atoms with Gasteiger partial charge in [-0.1, -0.05) is 54.6 Å². The zero-order valence-corrected chi connectivity index (χ0v) is 31.9. The van der Waals surface area contributed by atoms with Gasteiger partial charge < -0.3 is 15.0 Å². The third kappa shape index (κ3) is 9.91. The Labute approximate surface area is 330 Å². The van der Waals surface area contributed by atoms with Gasteiger partial charge in [-0.3, -0.25) is 19.7 Å². The molecule has 0 spiro atoms. The molecule has 1 saturated heterocycles. The molecule has 5 aromatic carbocycles. The Morgan fingerprint density at radius 3 is 2.33 bits per heavy atom. The SMILES string of the molecule is O=[N+]([O-])c1cc(S(=O)(=O)Nc2ncnc3cc(N4CCN(Cc5ccccc5-c5ccc(OC(F)(F)F)cc5)CC4)ccc23)ccc1NCCSc1ccccc1. The Morgan fingerprint density at radius 2 is 1.60 bits per heavy atom. The van der Waals surface area contributed by atoms with Gasteiger partial charge in [0.2, 0.25) is 0 Å². The molecule has 6 aromatic rings. The van der Waals surface area contributed by atoms with Crippen molar-refractivity contribution in [2.75, 3.05) is 53.4 Å². The Bertz CT molecular complexity index is 2470. The number of rotatable bonds is 14. The number of ether oxygens (including phenoxy) is 1. The van der Waals surface area contributed by atoms with Crippen LogP contribution in [0.1, 0.15) is 5.56 Å². The molecule has 17 heteroatoms. The molecule has 2 N–H and O–H groups in total. The van der Waals surface area contributed by atoms with E-state index in [4.69, 9.17) is 0 Å². The first-order valence-corrected chi connectivity index (χ1v) is 20.3. The Balaban J connectivity index is 0.983. The summed E-state index contributed by atoms with van der Waals surface area (Å²) in [6.07, 6.45) is -3.49. The number of halogens is 3. The number of fused-ring (bicyclic) bond motifs is 1. The lowest BCUT2D eigenvalue weighted by Gasteiger charge is -2.36. The maximum atomic E-state index is 13.5. The molecule has 1 fully saturated rings. The highest BCUT2D eigenvalue weighted by Crippen LogP contribution is 2.32. The molecule has 0 saturated carbocycles. The van der Waals surface area contributed by atoms with Crippen molar-refractivity contribution in [2.24, 2.45) is 0 Å². The van der Waals surface area contributed by atoms with Crippen LogP contribution in [0, 0.1) is 10.1 Å². The number of hydrogen-bond acceptors (Lipinski definition) is 11. The number of thioether (sulfide) groups is 1. The molecule has 57 heavy (non-hydrogen) atoms. The first-order valence-electron chi connectivity index (χ1n) is 17.8. The van der Waals surface area contributed by atoms with Crippen LogP contribution >= 0.6 is 11.8 Å². The van der Waals surface area contributed by atoms with Crippen molar-refractivity contribution in [3.05, 3.63) is 137 Å². The summed E-state index contributed by atoms with van der Waals surface area (Å²) < 4.78 is 71.5. The smallest absolute Gasteiger partial charge is 0.406 e. The van der Waals surface area contributed by atoms with Gasteiger partial charge in [0, 0.05) is 67.1 Å². The van der Waals surface area contributed by atoms with Gasteiger partial charge in [-0.2, -0.15) is 0 Å². The number of nitro benzene ring substituents is 1. The number of sulfonamides is 1. The molecule has 1 aromatic heterocycles. The molecule has 294 valence electrons. The summed E-state index contributed by atoms with van der Waals surface area (Å²) in [4.78, 5) is 25.2. The minimum Gasteiger partial charge on any atom is -0.406 e. The number of piperazine rings is 1. The monoisotopic (exact) mass is 815 g/mol. The van der Waals surface area contributed by atoms with Gasteiger partial charge in [0.15, 0.2) is 5.82 Å². The topological polar surface area (TPSA) is 143 Å². The third-order valence-corrected chi connectivity index (χ3v) is 11.7. The Morgan fingerprint density at radius 1 is 0.860 bits per heavy atom. The molecular formula is C40H36F3N7O5S2. The van der Waals surface area contributed by atoms with Gasteiger partial charge in [-0.05, 0) is 71.3 Å². The van der Waals surface area contributed by atoms with Gasteiger partial charge >= 0.3 is 6.36 Å². The number of anilines is 3. The quantitative estimate of drug-likeness (QED) is 0.0474. The van der Waals surface area contributed by atoms with Crippen LogP contribution in [0.2, 0.25) is 0 Å².